The van der Waals surface area contributed by atoms with Crippen molar-refractivity contribution in [3.05, 3.63) is 107 Å². The van der Waals surface area contributed by atoms with Gasteiger partial charge in [-0.2, -0.15) is 10.4 Å². The van der Waals surface area contributed by atoms with E-state index in [0.717, 1.165) is 17.5 Å². The number of carbonyl (C=O) groups is 2. The van der Waals surface area contributed by atoms with Crippen LogP contribution in [0.15, 0.2) is 78.9 Å². The van der Waals surface area contributed by atoms with Gasteiger partial charge in [-0.25, -0.2) is 13.9 Å². The number of nitriles is 1. The van der Waals surface area contributed by atoms with Crippen molar-refractivity contribution in [3.8, 4) is 28.6 Å². The van der Waals surface area contributed by atoms with Gasteiger partial charge < -0.3 is 14.5 Å². The van der Waals surface area contributed by atoms with E-state index in [2.05, 4.69) is 18.2 Å². The predicted molar refractivity (Wildman–Crippen MR) is 170 cm³/mol. The number of esters is 1. The Morgan fingerprint density at radius 1 is 1.02 bits per heavy atom. The zero-order chi connectivity index (χ0) is 31.9. The lowest BCUT2D eigenvalue weighted by molar-refractivity contribution is -0.144. The van der Waals surface area contributed by atoms with Crippen LogP contribution in [0.3, 0.4) is 0 Å². The summed E-state index contributed by atoms with van der Waals surface area (Å²) < 4.78 is 22.2. The predicted octanol–water partition coefficient (Wildman–Crippen LogP) is 5.83. The summed E-state index contributed by atoms with van der Waals surface area (Å²) in [6, 6.07) is 25.5. The number of methoxy groups -OCH3 is 1. The summed E-state index contributed by atoms with van der Waals surface area (Å²) in [5, 5.41) is 14.1. The molecular formula is C36H31FN6O3. The Labute approximate surface area is 265 Å². The number of carbonyl (C=O) groups excluding carboxylic acids is 2. The van der Waals surface area contributed by atoms with Crippen molar-refractivity contribution in [2.75, 3.05) is 31.6 Å². The third-order valence-corrected chi connectivity index (χ3v) is 9.13. The van der Waals surface area contributed by atoms with Crippen LogP contribution in [0.1, 0.15) is 46.6 Å². The van der Waals surface area contributed by atoms with Gasteiger partial charge in [-0.15, -0.1) is 0 Å². The Kier molecular flexibility index (Phi) is 7.45. The van der Waals surface area contributed by atoms with Crippen LogP contribution in [0.2, 0.25) is 0 Å². The first-order chi connectivity index (χ1) is 22.3. The highest BCUT2D eigenvalue weighted by Crippen LogP contribution is 2.33. The highest BCUT2D eigenvalue weighted by atomic mass is 19.1. The number of anilines is 1. The number of aromatic nitrogens is 3. The molecule has 46 heavy (non-hydrogen) atoms. The smallest absolute Gasteiger partial charge is 0.310 e. The minimum absolute atomic E-state index is 0.125. The SMILES string of the molecule is COC(=O)[C@H]1CCN(c2ccc(-c3cc4nc(C(=O)N5CCc6ccccc6[C@H]5C)cc(-c5ccc(C#N)cc5)n4n3)c(F)c2)C1. The molecule has 0 N–H and O–H groups in total. The molecule has 2 aromatic heterocycles. The zero-order valence-corrected chi connectivity index (χ0v) is 25.5. The number of benzene rings is 3. The van der Waals surface area contributed by atoms with Crippen LogP contribution < -0.4 is 4.90 Å². The number of halogens is 1. The molecule has 0 aliphatic carbocycles. The lowest BCUT2D eigenvalue weighted by Crippen LogP contribution is -2.39. The van der Waals surface area contributed by atoms with Crippen LogP contribution in [0.4, 0.5) is 10.1 Å². The van der Waals surface area contributed by atoms with Crippen molar-refractivity contribution in [2.24, 2.45) is 5.92 Å². The molecular weight excluding hydrogens is 583 g/mol. The van der Waals surface area contributed by atoms with E-state index in [0.29, 0.717) is 54.3 Å². The number of ether oxygens (including phenoxy) is 1. The van der Waals surface area contributed by atoms with Gasteiger partial charge in [-0.1, -0.05) is 36.4 Å². The summed E-state index contributed by atoms with van der Waals surface area (Å²) in [4.78, 5) is 34.6. The quantitative estimate of drug-likeness (QED) is 0.229. The van der Waals surface area contributed by atoms with Crippen molar-refractivity contribution < 1.29 is 18.7 Å². The van der Waals surface area contributed by atoms with Gasteiger partial charge in [0.1, 0.15) is 11.5 Å². The summed E-state index contributed by atoms with van der Waals surface area (Å²) >= 11 is 0. The first-order valence-electron chi connectivity index (χ1n) is 15.3. The molecule has 4 heterocycles. The average Bonchev–Trinajstić information content (AvgIpc) is 3.76. The largest absolute Gasteiger partial charge is 0.469 e. The van der Waals surface area contributed by atoms with Crippen molar-refractivity contribution in [1.29, 1.82) is 5.26 Å². The number of hydrogen-bond acceptors (Lipinski definition) is 7. The lowest BCUT2D eigenvalue weighted by atomic mass is 9.93. The van der Waals surface area contributed by atoms with Crippen LogP contribution in [0.25, 0.3) is 28.2 Å². The maximum absolute atomic E-state index is 15.7. The number of rotatable bonds is 5. The maximum atomic E-state index is 15.7. The minimum Gasteiger partial charge on any atom is -0.469 e. The molecule has 0 radical (unpaired) electrons. The normalized spacial score (nSPS) is 17.5. The topological polar surface area (TPSA) is 104 Å². The second-order valence-electron chi connectivity index (χ2n) is 11.8. The Morgan fingerprint density at radius 2 is 1.83 bits per heavy atom. The molecule has 2 aliphatic rings. The molecule has 9 nitrogen and oxygen atoms in total. The van der Waals surface area contributed by atoms with E-state index in [9.17, 15) is 14.9 Å². The summed E-state index contributed by atoms with van der Waals surface area (Å²) in [5.74, 6) is -1.15. The average molecular weight is 615 g/mol. The number of nitrogens with zero attached hydrogens (tertiary/aromatic N) is 6. The molecule has 5 aromatic rings. The third-order valence-electron chi connectivity index (χ3n) is 9.13. The van der Waals surface area contributed by atoms with Crippen LogP contribution >= 0.6 is 0 Å². The number of amides is 1. The highest BCUT2D eigenvalue weighted by Gasteiger charge is 2.31. The molecule has 10 heteroatoms. The standard InChI is InChI=1S/C36H31FN6O3/c1-22-28-6-4-3-5-24(28)14-16-42(22)35(44)32-18-33(25-9-7-23(20-38)8-10-25)43-34(39-32)19-31(40-43)29-12-11-27(17-30(29)37)41-15-13-26(21-41)36(45)46-2/h3-12,17-19,22,26H,13-16,21H2,1-2H3/t22-,26+/m1/s1. The summed E-state index contributed by atoms with van der Waals surface area (Å²) in [5.41, 5.74) is 6.18. The van der Waals surface area contributed by atoms with E-state index in [1.54, 1.807) is 47.0 Å². The van der Waals surface area contributed by atoms with E-state index >= 15 is 4.39 Å². The van der Waals surface area contributed by atoms with Gasteiger partial charge >= 0.3 is 5.97 Å². The second-order valence-corrected chi connectivity index (χ2v) is 11.8. The Morgan fingerprint density at radius 3 is 2.59 bits per heavy atom. The monoisotopic (exact) mass is 614 g/mol. The maximum Gasteiger partial charge on any atom is 0.310 e. The summed E-state index contributed by atoms with van der Waals surface area (Å²) in [6.07, 6.45) is 1.40. The zero-order valence-electron chi connectivity index (χ0n) is 25.5. The third kappa shape index (κ3) is 5.13. The van der Waals surface area contributed by atoms with Gasteiger partial charge in [-0.05, 0) is 67.3 Å². The Hall–Kier alpha value is -5.56. The van der Waals surface area contributed by atoms with Crippen molar-refractivity contribution in [1.82, 2.24) is 19.5 Å². The molecule has 0 spiro atoms. The molecule has 0 saturated carbocycles. The molecule has 2 aliphatic heterocycles. The van der Waals surface area contributed by atoms with E-state index in [-0.39, 0.29) is 35.1 Å². The van der Waals surface area contributed by atoms with Gasteiger partial charge in [0.2, 0.25) is 0 Å². The van der Waals surface area contributed by atoms with Crippen LogP contribution in [-0.4, -0.2) is 58.1 Å². The molecule has 1 saturated heterocycles. The van der Waals surface area contributed by atoms with E-state index in [1.807, 2.05) is 34.9 Å². The fourth-order valence-electron chi connectivity index (χ4n) is 6.60. The molecule has 7 rings (SSSR count). The summed E-state index contributed by atoms with van der Waals surface area (Å²) in [7, 11) is 1.38. The Bertz CT molecular complexity index is 2030. The molecule has 2 atom stereocenters. The molecule has 1 amide bonds. The van der Waals surface area contributed by atoms with Crippen molar-refractivity contribution in [2.45, 2.75) is 25.8 Å². The number of hydrogen-bond donors (Lipinski definition) is 0. The fraction of sp³-hybridized carbons (Fsp3) is 0.250. The van der Waals surface area contributed by atoms with E-state index < -0.39 is 5.82 Å². The van der Waals surface area contributed by atoms with Crippen molar-refractivity contribution >= 4 is 23.2 Å². The molecule has 0 bridgehead atoms. The van der Waals surface area contributed by atoms with Crippen LogP contribution in [0, 0.1) is 23.1 Å². The number of fused-ring (bicyclic) bond motifs is 2. The fourth-order valence-corrected chi connectivity index (χ4v) is 6.60. The van der Waals surface area contributed by atoms with Gasteiger partial charge in [0.15, 0.2) is 5.65 Å². The van der Waals surface area contributed by atoms with Gasteiger partial charge in [0.05, 0.1) is 42.1 Å². The first-order valence-corrected chi connectivity index (χ1v) is 15.3. The van der Waals surface area contributed by atoms with Gasteiger partial charge in [0, 0.05) is 42.5 Å². The lowest BCUT2D eigenvalue weighted by Gasteiger charge is -2.35. The van der Waals surface area contributed by atoms with Crippen LogP contribution in [0.5, 0.6) is 0 Å². The van der Waals surface area contributed by atoms with E-state index in [1.165, 1.54) is 18.7 Å². The molecule has 0 unspecified atom stereocenters. The highest BCUT2D eigenvalue weighted by molar-refractivity contribution is 5.94. The van der Waals surface area contributed by atoms with E-state index in [4.69, 9.17) is 14.8 Å². The molecule has 230 valence electrons. The van der Waals surface area contributed by atoms with Gasteiger partial charge in [-0.3, -0.25) is 9.59 Å². The first kappa shape index (κ1) is 29.2. The molecule has 3 aromatic carbocycles. The van der Waals surface area contributed by atoms with Crippen molar-refractivity contribution in [3.63, 3.8) is 0 Å². The van der Waals surface area contributed by atoms with Gasteiger partial charge in [0.25, 0.3) is 5.91 Å². The summed E-state index contributed by atoms with van der Waals surface area (Å²) in [6.45, 7) is 3.69. The van der Waals surface area contributed by atoms with Crippen LogP contribution in [-0.2, 0) is 16.0 Å². The minimum atomic E-state index is -0.459. The Balaban J connectivity index is 1.27. The second kappa shape index (κ2) is 11.7. The molecule has 1 fully saturated rings.